The zero-order valence-corrected chi connectivity index (χ0v) is 22.9. The molecule has 0 amide bonds. The molecule has 0 aromatic carbocycles. The van der Waals surface area contributed by atoms with Gasteiger partial charge in [0.1, 0.15) is 0 Å². The van der Waals surface area contributed by atoms with Gasteiger partial charge in [0.15, 0.2) is 0 Å². The molecule has 0 nitrogen and oxygen atoms in total. The molecular weight excluding hydrogens is 834 g/mol. The van der Waals surface area contributed by atoms with Crippen molar-refractivity contribution in [3.05, 3.63) is 0 Å². The molecule has 0 bridgehead atoms. The Morgan fingerprint density at radius 3 is 1.00 bits per heavy atom. The Labute approximate surface area is 204 Å². The van der Waals surface area contributed by atoms with Gasteiger partial charge in [0, 0.05) is 212 Å². The molecule has 0 N–H and O–H groups in total. The first-order valence-corrected chi connectivity index (χ1v) is 0. The van der Waals surface area contributed by atoms with Crippen molar-refractivity contribution < 1.29 is 212 Å². The van der Waals surface area contributed by atoms with Gasteiger partial charge >= 0.3 is 0 Å². The van der Waals surface area contributed by atoms with Crippen molar-refractivity contribution in [1.82, 2.24) is 0 Å². The number of rotatable bonds is 0. The van der Waals surface area contributed by atoms with Gasteiger partial charge in [0.25, 0.3) is 0 Å². The molecule has 0 aliphatic heterocycles. The second kappa shape index (κ2) is 29.6. The molecule has 22 valence electrons. The Hall–Kier alpha value is 7.04. The topological polar surface area (TPSA) is 0 Å². The van der Waals surface area contributed by atoms with Crippen LogP contribution < -0.4 is 0 Å². The molecule has 0 rings (SSSR count). The summed E-state index contributed by atoms with van der Waals surface area (Å²) in [6, 6.07) is 0. The van der Waals surface area contributed by atoms with Crippen molar-refractivity contribution in [1.29, 1.82) is 0 Å². The summed E-state index contributed by atoms with van der Waals surface area (Å²) in [4.78, 5) is 0. The van der Waals surface area contributed by atoms with Crippen LogP contribution in [0.5, 0.6) is 0 Å². The van der Waals surface area contributed by atoms with Gasteiger partial charge in [-0.25, -0.2) is 0 Å². The van der Waals surface area contributed by atoms with Crippen LogP contribution in [0.15, 0.2) is 0 Å². The van der Waals surface area contributed by atoms with E-state index in [1.165, 1.54) is 0 Å². The minimum Gasteiger partial charge on any atom is 0 e. The molecule has 6 heavy (non-hydrogen) atoms. The SMILES string of the molecule is [Ce].[Hf].[La].[Nd].[Pr].[Zr]. The van der Waals surface area contributed by atoms with Crippen molar-refractivity contribution in [3.8, 4) is 0 Å². The van der Waals surface area contributed by atoms with Gasteiger partial charge in [-0.05, 0) is 0 Å². The molecule has 6 heteroatoms. The first kappa shape index (κ1) is 38.1. The van der Waals surface area contributed by atoms with Crippen molar-refractivity contribution >= 4 is 0 Å². The average molecular weight is 834 g/mol. The Morgan fingerprint density at radius 1 is 1.00 bits per heavy atom. The molecule has 0 unspecified atom stereocenters. The summed E-state index contributed by atoms with van der Waals surface area (Å²) >= 11 is 0. The first-order chi connectivity index (χ1) is 0. The molecule has 0 heterocycles. The van der Waals surface area contributed by atoms with Gasteiger partial charge in [-0.3, -0.25) is 0 Å². The zero-order valence-electron chi connectivity index (χ0n) is 3.15. The molecule has 0 spiro atoms. The third-order valence-corrected chi connectivity index (χ3v) is 0. The largest absolute Gasteiger partial charge is 0 e. The Kier molecular flexibility index (Phi) is 188. The fourth-order valence-corrected chi connectivity index (χ4v) is 0. The van der Waals surface area contributed by atoms with Gasteiger partial charge in [-0.1, -0.05) is 0 Å². The van der Waals surface area contributed by atoms with Gasteiger partial charge in [0.05, 0.1) is 0 Å². The van der Waals surface area contributed by atoms with E-state index >= 15 is 0 Å². The fourth-order valence-electron chi connectivity index (χ4n) is 0. The third kappa shape index (κ3) is 22.5. The van der Waals surface area contributed by atoms with E-state index in [0.29, 0.717) is 0 Å². The summed E-state index contributed by atoms with van der Waals surface area (Å²) in [6.45, 7) is 0. The maximum absolute atomic E-state index is 0. The van der Waals surface area contributed by atoms with Crippen LogP contribution in [0.25, 0.3) is 0 Å². The minimum absolute atomic E-state index is 0. The predicted octanol–water partition coefficient (Wildman–Crippen LogP) is -0.00500. The number of hydrogen-bond acceptors (Lipinski definition) is 0. The van der Waals surface area contributed by atoms with Crippen molar-refractivity contribution in [2.75, 3.05) is 0 Å². The Bertz CT molecular complexity index is 15.5. The summed E-state index contributed by atoms with van der Waals surface area (Å²) in [7, 11) is 0. The molecule has 0 aliphatic carbocycles. The zero-order chi connectivity index (χ0) is 0. The Morgan fingerprint density at radius 2 is 1.00 bits per heavy atom. The van der Waals surface area contributed by atoms with Crippen molar-refractivity contribution in [2.45, 2.75) is 0 Å². The summed E-state index contributed by atoms with van der Waals surface area (Å²) < 4.78 is 0. The second-order valence-electron chi connectivity index (χ2n) is 0. The second-order valence-corrected chi connectivity index (χ2v) is 0. The maximum Gasteiger partial charge on any atom is 0 e. The average Bonchev–Trinajstić information content (AvgIpc) is 0. The Balaban J connectivity index is 0. The van der Waals surface area contributed by atoms with Crippen molar-refractivity contribution in [3.63, 3.8) is 0 Å². The van der Waals surface area contributed by atoms with E-state index in [1.807, 2.05) is 0 Å². The van der Waals surface area contributed by atoms with E-state index in [4.69, 9.17) is 0 Å². The van der Waals surface area contributed by atoms with Crippen LogP contribution in [0.3, 0.4) is 0 Å². The van der Waals surface area contributed by atoms with Crippen LogP contribution in [0.1, 0.15) is 0 Å². The van der Waals surface area contributed by atoms with E-state index in [-0.39, 0.29) is 212 Å². The van der Waals surface area contributed by atoms with Crippen LogP contribution in [-0.2, 0) is 52.0 Å². The van der Waals surface area contributed by atoms with Crippen LogP contribution >= 0.6 is 0 Å². The van der Waals surface area contributed by atoms with Crippen LogP contribution in [-0.4, -0.2) is 0 Å². The molecule has 0 fully saturated rings. The first-order valence-electron chi connectivity index (χ1n) is 0. The summed E-state index contributed by atoms with van der Waals surface area (Å²) in [6.07, 6.45) is 0. The van der Waals surface area contributed by atoms with E-state index in [1.54, 1.807) is 0 Å². The van der Waals surface area contributed by atoms with E-state index in [2.05, 4.69) is 0 Å². The smallest absolute Gasteiger partial charge is 0 e. The van der Waals surface area contributed by atoms with Gasteiger partial charge in [-0.2, -0.15) is 0 Å². The third-order valence-electron chi connectivity index (χ3n) is 0. The molecular formula is CeHfLaNdPrZr. The summed E-state index contributed by atoms with van der Waals surface area (Å²) in [5, 5.41) is 0. The minimum atomic E-state index is 0. The van der Waals surface area contributed by atoms with Gasteiger partial charge in [0.2, 0.25) is 0 Å². The molecule has 0 aliphatic rings. The van der Waals surface area contributed by atoms with E-state index < -0.39 is 0 Å². The van der Waals surface area contributed by atoms with Gasteiger partial charge < -0.3 is 0 Å². The van der Waals surface area contributed by atoms with Crippen LogP contribution in [0.4, 0.5) is 0 Å². The summed E-state index contributed by atoms with van der Waals surface area (Å²) in [5.74, 6) is 0. The van der Waals surface area contributed by atoms with Gasteiger partial charge in [-0.15, -0.1) is 0 Å². The molecule has 0 saturated heterocycles. The fraction of sp³-hybridized carbons (Fsp3) is 0. The number of hydrogen-bond donors (Lipinski definition) is 0. The maximum atomic E-state index is 0. The molecule has 0 aromatic heterocycles. The van der Waals surface area contributed by atoms with Crippen molar-refractivity contribution in [2.24, 2.45) is 0 Å². The van der Waals surface area contributed by atoms with E-state index in [9.17, 15) is 0 Å². The summed E-state index contributed by atoms with van der Waals surface area (Å²) in [5.41, 5.74) is 0. The molecule has 0 atom stereocenters. The molecule has 0 aromatic rings. The normalized spacial score (nSPS) is 0. The molecule has 2 radical (unpaired) electrons. The standard InChI is InChI=1S/Ce.Hf.La.Nd.Pr.Zr. The quantitative estimate of drug-likeness (QED) is 0.302. The predicted molar refractivity (Wildman–Crippen MR) is 0 cm³/mol. The monoisotopic (exact) mass is 831 g/mol. The molecule has 0 saturated carbocycles. The van der Waals surface area contributed by atoms with Crippen LogP contribution in [0.2, 0.25) is 0 Å². The van der Waals surface area contributed by atoms with E-state index in [0.717, 1.165) is 0 Å². The van der Waals surface area contributed by atoms with Crippen LogP contribution in [0, 0.1) is 159 Å².